The van der Waals surface area contributed by atoms with Crippen molar-refractivity contribution in [3.8, 4) is 0 Å². The second-order valence-corrected chi connectivity index (χ2v) is 10.2. The van der Waals surface area contributed by atoms with Gasteiger partial charge >= 0.3 is 6.18 Å². The van der Waals surface area contributed by atoms with E-state index in [9.17, 15) is 21.6 Å². The molecule has 0 atom stereocenters. The highest BCUT2D eigenvalue weighted by Gasteiger charge is 2.31. The average molecular weight is 497 g/mol. The summed E-state index contributed by atoms with van der Waals surface area (Å²) in [6, 6.07) is 3.49. The Balaban J connectivity index is 1.65. The van der Waals surface area contributed by atoms with E-state index in [-0.39, 0.29) is 36.7 Å². The van der Waals surface area contributed by atoms with Crippen molar-refractivity contribution in [2.75, 3.05) is 46.0 Å². The molecule has 11 heteroatoms. The van der Waals surface area contributed by atoms with Gasteiger partial charge in [0.1, 0.15) is 0 Å². The van der Waals surface area contributed by atoms with Crippen molar-refractivity contribution in [1.82, 2.24) is 9.62 Å². The Hall–Kier alpha value is -1.24. The van der Waals surface area contributed by atoms with Gasteiger partial charge in [0.2, 0.25) is 10.0 Å². The molecule has 1 saturated carbocycles. The van der Waals surface area contributed by atoms with E-state index >= 15 is 0 Å². The molecule has 3 N–H and O–H groups in total. The van der Waals surface area contributed by atoms with Crippen LogP contribution in [0.3, 0.4) is 0 Å². The number of nitrogens with one attached hydrogen (secondary N) is 1. The summed E-state index contributed by atoms with van der Waals surface area (Å²) in [5.41, 5.74) is -0.882. The molecule has 1 aromatic carbocycles. The molecule has 1 aromatic rings. The lowest BCUT2D eigenvalue weighted by Crippen LogP contribution is -2.33. The number of alkyl halides is 3. The van der Waals surface area contributed by atoms with Gasteiger partial charge < -0.3 is 14.9 Å². The van der Waals surface area contributed by atoms with Gasteiger partial charge in [-0.2, -0.15) is 13.2 Å². The van der Waals surface area contributed by atoms with Crippen LogP contribution in [0, 0.1) is 5.92 Å². The fraction of sp³-hybridized carbons (Fsp3) is 0.727. The summed E-state index contributed by atoms with van der Waals surface area (Å²) in [7, 11) is -3.86. The Morgan fingerprint density at radius 2 is 1.58 bits per heavy atom. The van der Waals surface area contributed by atoms with Crippen molar-refractivity contribution in [1.29, 1.82) is 0 Å². The lowest BCUT2D eigenvalue weighted by molar-refractivity contribution is -0.137. The molecule has 0 aromatic heterocycles. The van der Waals surface area contributed by atoms with E-state index in [0.29, 0.717) is 19.7 Å². The highest BCUT2D eigenvalue weighted by Crippen LogP contribution is 2.30. The summed E-state index contributed by atoms with van der Waals surface area (Å²) < 4.78 is 71.2. The van der Waals surface area contributed by atoms with Crippen LogP contribution >= 0.6 is 0 Å². The number of unbranched alkanes of at least 4 members (excludes halogenated alkanes) is 1. The van der Waals surface area contributed by atoms with Crippen LogP contribution in [0.5, 0.6) is 0 Å². The average Bonchev–Trinajstić information content (AvgIpc) is 2.78. The quantitative estimate of drug-likeness (QED) is 0.343. The molecule has 0 radical (unpaired) electrons. The van der Waals surface area contributed by atoms with Crippen molar-refractivity contribution in [3.05, 3.63) is 29.8 Å². The van der Waals surface area contributed by atoms with Crippen LogP contribution < -0.4 is 4.72 Å². The van der Waals surface area contributed by atoms with Crippen LogP contribution in [0.4, 0.5) is 13.2 Å². The molecule has 1 fully saturated rings. The minimum atomic E-state index is -4.50. The first kappa shape index (κ1) is 28.0. The summed E-state index contributed by atoms with van der Waals surface area (Å²) >= 11 is 0. The van der Waals surface area contributed by atoms with Gasteiger partial charge in [-0.25, -0.2) is 13.1 Å². The second kappa shape index (κ2) is 13.6. The first-order valence-electron chi connectivity index (χ1n) is 11.4. The number of halogens is 3. The molecular formula is C22H35F3N2O5S. The van der Waals surface area contributed by atoms with E-state index in [2.05, 4.69) is 4.72 Å². The largest absolute Gasteiger partial charge is 0.416 e. The molecule has 1 aliphatic rings. The van der Waals surface area contributed by atoms with Crippen molar-refractivity contribution >= 4 is 10.0 Å². The molecule has 0 bridgehead atoms. The molecule has 0 heterocycles. The maximum Gasteiger partial charge on any atom is 0.416 e. The number of aliphatic hydroxyl groups excluding tert-OH is 2. The van der Waals surface area contributed by atoms with Gasteiger partial charge in [-0.1, -0.05) is 0 Å². The fourth-order valence-corrected chi connectivity index (χ4v) is 5.06. The molecule has 2 rings (SSSR count). The molecule has 0 amide bonds. The zero-order chi connectivity index (χ0) is 24.3. The fourth-order valence-electron chi connectivity index (χ4n) is 3.94. The maximum atomic E-state index is 12.6. The number of nitrogens with zero attached hydrogens (tertiary/aromatic N) is 1. The van der Waals surface area contributed by atoms with Gasteiger partial charge in [-0.15, -0.1) is 0 Å². The van der Waals surface area contributed by atoms with E-state index in [1.807, 2.05) is 4.90 Å². The van der Waals surface area contributed by atoms with Crippen molar-refractivity contribution in [2.45, 2.75) is 55.7 Å². The summed E-state index contributed by atoms with van der Waals surface area (Å²) in [5.74, 6) is 0.166. The first-order chi connectivity index (χ1) is 15.7. The molecular weight excluding hydrogens is 461 g/mol. The standard InChI is InChI=1S/C22H35F3N2O5S/c23-22(24,25)19-5-9-21(10-6-19)33(30,31)26-17-18-3-7-20(8-4-18)32-16-2-1-11-27(12-14-28)13-15-29/h5-6,9-10,18,20,26,28-29H,1-4,7-8,11-17H2. The number of aliphatic hydroxyl groups is 2. The molecule has 7 nitrogen and oxygen atoms in total. The van der Waals surface area contributed by atoms with Gasteiger partial charge in [-0.3, -0.25) is 4.90 Å². The van der Waals surface area contributed by atoms with E-state index in [1.165, 1.54) is 0 Å². The van der Waals surface area contributed by atoms with Crippen LogP contribution in [-0.4, -0.2) is 75.6 Å². The van der Waals surface area contributed by atoms with Gasteiger partial charge in [0, 0.05) is 26.2 Å². The molecule has 0 spiro atoms. The predicted octanol–water partition coefficient (Wildman–Crippen LogP) is 2.63. The number of hydrogen-bond donors (Lipinski definition) is 3. The SMILES string of the molecule is O=S(=O)(NCC1CCC(OCCCCN(CCO)CCO)CC1)c1ccc(C(F)(F)F)cc1. The van der Waals surface area contributed by atoms with Crippen LogP contribution in [0.1, 0.15) is 44.1 Å². The molecule has 0 unspecified atom stereocenters. The Bertz CT molecular complexity index is 776. The summed E-state index contributed by atoms with van der Waals surface area (Å²) in [6.07, 6.45) is 0.778. The highest BCUT2D eigenvalue weighted by molar-refractivity contribution is 7.89. The summed E-state index contributed by atoms with van der Waals surface area (Å²) in [4.78, 5) is 1.83. The molecule has 190 valence electrons. The number of hydrogen-bond acceptors (Lipinski definition) is 6. The number of rotatable bonds is 14. The predicted molar refractivity (Wildman–Crippen MR) is 118 cm³/mol. The monoisotopic (exact) mass is 496 g/mol. The van der Waals surface area contributed by atoms with Crippen LogP contribution in [0.15, 0.2) is 29.2 Å². The normalized spacial score (nSPS) is 19.8. The third-order valence-corrected chi connectivity index (χ3v) is 7.34. The Morgan fingerprint density at radius 1 is 0.970 bits per heavy atom. The topological polar surface area (TPSA) is 99.1 Å². The smallest absolute Gasteiger partial charge is 0.395 e. The summed E-state index contributed by atoms with van der Waals surface area (Å²) in [5, 5.41) is 18.0. The number of ether oxygens (including phenoxy) is 1. The third kappa shape index (κ3) is 9.87. The van der Waals surface area contributed by atoms with Gasteiger partial charge in [0.15, 0.2) is 0 Å². The van der Waals surface area contributed by atoms with E-state index < -0.39 is 21.8 Å². The minimum Gasteiger partial charge on any atom is -0.395 e. The molecule has 0 saturated heterocycles. The maximum absolute atomic E-state index is 12.6. The van der Waals surface area contributed by atoms with Crippen LogP contribution in [0.2, 0.25) is 0 Å². The zero-order valence-corrected chi connectivity index (χ0v) is 19.6. The lowest BCUT2D eigenvalue weighted by atomic mass is 9.87. The van der Waals surface area contributed by atoms with E-state index in [4.69, 9.17) is 14.9 Å². The van der Waals surface area contributed by atoms with Crippen molar-refractivity contribution < 1.29 is 36.5 Å². The first-order valence-corrected chi connectivity index (χ1v) is 12.9. The molecule has 0 aliphatic heterocycles. The Morgan fingerprint density at radius 3 is 2.12 bits per heavy atom. The zero-order valence-electron chi connectivity index (χ0n) is 18.8. The van der Waals surface area contributed by atoms with E-state index in [0.717, 1.165) is 69.3 Å². The molecule has 33 heavy (non-hydrogen) atoms. The van der Waals surface area contributed by atoms with Gasteiger partial charge in [-0.05, 0) is 75.3 Å². The van der Waals surface area contributed by atoms with Gasteiger partial charge in [0.25, 0.3) is 0 Å². The van der Waals surface area contributed by atoms with Crippen LogP contribution in [0.25, 0.3) is 0 Å². The second-order valence-electron chi connectivity index (χ2n) is 8.38. The Kier molecular flexibility index (Phi) is 11.5. The number of sulfonamides is 1. The van der Waals surface area contributed by atoms with Crippen molar-refractivity contribution in [3.63, 3.8) is 0 Å². The molecule has 1 aliphatic carbocycles. The van der Waals surface area contributed by atoms with E-state index in [1.54, 1.807) is 0 Å². The lowest BCUT2D eigenvalue weighted by Gasteiger charge is -2.28. The van der Waals surface area contributed by atoms with Gasteiger partial charge in [0.05, 0.1) is 29.8 Å². The van der Waals surface area contributed by atoms with Crippen LogP contribution in [-0.2, 0) is 20.9 Å². The third-order valence-electron chi connectivity index (χ3n) is 5.90. The van der Waals surface area contributed by atoms with Crippen molar-refractivity contribution in [2.24, 2.45) is 5.92 Å². The number of benzene rings is 1. The minimum absolute atomic E-state index is 0.0697. The highest BCUT2D eigenvalue weighted by atomic mass is 32.2. The summed E-state index contributed by atoms with van der Waals surface area (Å²) in [6.45, 7) is 2.93. The Labute approximate surface area is 194 Å².